The van der Waals surface area contributed by atoms with E-state index in [4.69, 9.17) is 4.52 Å². The van der Waals surface area contributed by atoms with E-state index in [1.54, 1.807) is 11.0 Å². The quantitative estimate of drug-likeness (QED) is 0.774. The van der Waals surface area contributed by atoms with Gasteiger partial charge in [-0.15, -0.1) is 0 Å². The van der Waals surface area contributed by atoms with Gasteiger partial charge in [0.2, 0.25) is 5.91 Å². The van der Waals surface area contributed by atoms with Crippen molar-refractivity contribution in [2.45, 2.75) is 70.9 Å². The molecule has 2 aliphatic heterocycles. The van der Waals surface area contributed by atoms with Crippen LogP contribution in [0.25, 0.3) is 0 Å². The summed E-state index contributed by atoms with van der Waals surface area (Å²) in [4.78, 5) is 32.7. The zero-order valence-corrected chi connectivity index (χ0v) is 19.3. The number of aliphatic hydroxyl groups excluding tert-OH is 1. The van der Waals surface area contributed by atoms with Crippen LogP contribution in [0, 0.1) is 19.8 Å². The highest BCUT2D eigenvalue weighted by Gasteiger charge is 2.48. The molecule has 1 N–H and O–H groups in total. The van der Waals surface area contributed by atoms with Crippen molar-refractivity contribution >= 4 is 17.5 Å². The Balaban J connectivity index is 1.61. The largest absolute Gasteiger partial charge is 0.391 e. The number of nitrogens with zero attached hydrogens (tertiary/aromatic N) is 3. The molecule has 170 valence electrons. The summed E-state index contributed by atoms with van der Waals surface area (Å²) in [5.41, 5.74) is 2.67. The van der Waals surface area contributed by atoms with Gasteiger partial charge in [0.15, 0.2) is 0 Å². The normalized spacial score (nSPS) is 26.7. The molecular weight excluding hydrogens is 406 g/mol. The number of hydrogen-bond donors (Lipinski definition) is 1. The molecule has 7 nitrogen and oxygen atoms in total. The van der Waals surface area contributed by atoms with Crippen LogP contribution in [0.5, 0.6) is 0 Å². The molecule has 32 heavy (non-hydrogen) atoms. The number of rotatable bonds is 5. The first-order valence-electron chi connectivity index (χ1n) is 11.2. The number of aliphatic imine (C=N–C) groups is 1. The van der Waals surface area contributed by atoms with E-state index in [-0.39, 0.29) is 24.3 Å². The van der Waals surface area contributed by atoms with Gasteiger partial charge in [0.25, 0.3) is 5.91 Å². The van der Waals surface area contributed by atoms with Crippen molar-refractivity contribution in [3.8, 4) is 0 Å². The van der Waals surface area contributed by atoms with Crippen LogP contribution >= 0.6 is 0 Å². The fourth-order valence-electron chi connectivity index (χ4n) is 4.89. The molecular formula is C25H31N3O4. The Labute approximate surface area is 188 Å². The summed E-state index contributed by atoms with van der Waals surface area (Å²) in [6, 6.07) is 9.31. The van der Waals surface area contributed by atoms with E-state index in [1.165, 1.54) is 0 Å². The number of carbonyl (C=O) groups excluding carboxylic acids is 2. The van der Waals surface area contributed by atoms with Crippen LogP contribution in [0.2, 0.25) is 0 Å². The molecule has 0 bridgehead atoms. The predicted octanol–water partition coefficient (Wildman–Crippen LogP) is 3.32. The zero-order valence-electron chi connectivity index (χ0n) is 19.3. The van der Waals surface area contributed by atoms with Gasteiger partial charge in [0.1, 0.15) is 11.7 Å². The number of amides is 2. The maximum atomic E-state index is 13.6. The number of aromatic nitrogens is 1. The lowest BCUT2D eigenvalue weighted by atomic mass is 9.78. The van der Waals surface area contributed by atoms with Crippen molar-refractivity contribution in [3.63, 3.8) is 0 Å². The molecule has 7 heteroatoms. The Hall–Kier alpha value is -2.80. The van der Waals surface area contributed by atoms with Crippen LogP contribution in [0.1, 0.15) is 62.1 Å². The van der Waals surface area contributed by atoms with E-state index in [2.05, 4.69) is 10.1 Å². The standard InChI is InChI=1S/C25H31N3O4/c1-14(2)22(21-10-16(4)27-32-21)23(30)28-13-18(29)11-20(28)19-12-25(5,24(31)26-19)17-8-6-15(3)7-9-17/h6-10,14,18,20,22,29H,11-13H2,1-5H3/t18-,20+,22+,25-/m1/s1. The molecule has 0 spiro atoms. The lowest BCUT2D eigenvalue weighted by Gasteiger charge is -2.30. The minimum Gasteiger partial charge on any atom is -0.391 e. The van der Waals surface area contributed by atoms with Crippen molar-refractivity contribution in [2.75, 3.05) is 6.54 Å². The first-order chi connectivity index (χ1) is 15.1. The molecule has 2 aliphatic rings. The second-order valence-corrected chi connectivity index (χ2v) is 9.77. The fourth-order valence-corrected chi connectivity index (χ4v) is 4.89. The van der Waals surface area contributed by atoms with Crippen LogP contribution in [-0.4, -0.2) is 51.4 Å². The van der Waals surface area contributed by atoms with Crippen molar-refractivity contribution < 1.29 is 19.2 Å². The lowest BCUT2D eigenvalue weighted by molar-refractivity contribution is -0.134. The van der Waals surface area contributed by atoms with Gasteiger partial charge in [-0.2, -0.15) is 0 Å². The van der Waals surface area contributed by atoms with Gasteiger partial charge in [-0.3, -0.25) is 9.59 Å². The average molecular weight is 438 g/mol. The van der Waals surface area contributed by atoms with Gasteiger partial charge < -0.3 is 14.5 Å². The minimum atomic E-state index is -0.759. The molecule has 0 aliphatic carbocycles. The van der Waals surface area contributed by atoms with Gasteiger partial charge in [0.05, 0.1) is 23.3 Å². The van der Waals surface area contributed by atoms with Crippen LogP contribution in [0.15, 0.2) is 39.8 Å². The summed E-state index contributed by atoms with van der Waals surface area (Å²) >= 11 is 0. The number of β-amino-alcohol motifs (C(OH)–C–C–N with tert-alkyl or cyclic N) is 1. The monoisotopic (exact) mass is 437 g/mol. The molecule has 3 heterocycles. The molecule has 1 aromatic heterocycles. The maximum Gasteiger partial charge on any atom is 0.256 e. The summed E-state index contributed by atoms with van der Waals surface area (Å²) in [6.45, 7) is 9.88. The number of benzene rings is 1. The Morgan fingerprint density at radius 1 is 1.25 bits per heavy atom. The summed E-state index contributed by atoms with van der Waals surface area (Å²) in [6.07, 6.45) is 0.156. The highest BCUT2D eigenvalue weighted by molar-refractivity contribution is 6.11. The van der Waals surface area contributed by atoms with Crippen molar-refractivity contribution in [2.24, 2.45) is 10.9 Å². The van der Waals surface area contributed by atoms with Crippen molar-refractivity contribution in [3.05, 3.63) is 52.9 Å². The van der Waals surface area contributed by atoms with Gasteiger partial charge >= 0.3 is 0 Å². The van der Waals surface area contributed by atoms with Crippen LogP contribution in [0.4, 0.5) is 0 Å². The highest BCUT2D eigenvalue weighted by atomic mass is 16.5. The number of likely N-dealkylation sites (tertiary alicyclic amines) is 1. The Kier molecular flexibility index (Phi) is 5.79. The van der Waals surface area contributed by atoms with E-state index in [1.807, 2.05) is 58.9 Å². The zero-order chi connectivity index (χ0) is 23.2. The average Bonchev–Trinajstić information content (AvgIpc) is 3.40. The summed E-state index contributed by atoms with van der Waals surface area (Å²) < 4.78 is 5.43. The van der Waals surface area contributed by atoms with E-state index < -0.39 is 23.5 Å². The third-order valence-corrected chi connectivity index (χ3v) is 6.77. The number of aryl methyl sites for hydroxylation is 2. The minimum absolute atomic E-state index is 0.0155. The molecule has 2 amide bonds. The fraction of sp³-hybridized carbons (Fsp3) is 0.520. The Morgan fingerprint density at radius 2 is 1.94 bits per heavy atom. The van der Waals surface area contributed by atoms with Gasteiger partial charge in [-0.05, 0) is 32.3 Å². The van der Waals surface area contributed by atoms with Gasteiger partial charge in [-0.25, -0.2) is 4.99 Å². The SMILES string of the molecule is Cc1ccc([C@@]2(C)CC([C@@H]3C[C@@H](O)CN3C(=O)[C@H](c3cc(C)no3)C(C)C)=NC2=O)cc1. The molecule has 0 radical (unpaired) electrons. The third-order valence-electron chi connectivity index (χ3n) is 6.77. The van der Waals surface area contributed by atoms with E-state index >= 15 is 0 Å². The summed E-state index contributed by atoms with van der Waals surface area (Å²) in [7, 11) is 0. The van der Waals surface area contributed by atoms with Crippen molar-refractivity contribution in [1.82, 2.24) is 10.1 Å². The third kappa shape index (κ3) is 3.90. The number of carbonyl (C=O) groups is 2. The first-order valence-corrected chi connectivity index (χ1v) is 11.2. The molecule has 0 unspecified atom stereocenters. The molecule has 1 aromatic carbocycles. The lowest BCUT2D eigenvalue weighted by Crippen LogP contribution is -2.44. The molecule has 0 saturated carbocycles. The maximum absolute atomic E-state index is 13.6. The Bertz CT molecular complexity index is 1060. The van der Waals surface area contributed by atoms with E-state index in [0.29, 0.717) is 24.3 Å². The van der Waals surface area contributed by atoms with Crippen LogP contribution < -0.4 is 0 Å². The highest BCUT2D eigenvalue weighted by Crippen LogP contribution is 2.39. The number of hydrogen-bond acceptors (Lipinski definition) is 5. The topological polar surface area (TPSA) is 96.0 Å². The summed E-state index contributed by atoms with van der Waals surface area (Å²) in [5, 5.41) is 14.4. The molecule has 4 atom stereocenters. The van der Waals surface area contributed by atoms with Crippen LogP contribution in [0.3, 0.4) is 0 Å². The van der Waals surface area contributed by atoms with E-state index in [9.17, 15) is 14.7 Å². The van der Waals surface area contributed by atoms with Gasteiger partial charge in [-0.1, -0.05) is 48.8 Å². The molecule has 1 saturated heterocycles. The molecule has 4 rings (SSSR count). The predicted molar refractivity (Wildman–Crippen MR) is 121 cm³/mol. The number of aliphatic hydroxyl groups is 1. The van der Waals surface area contributed by atoms with E-state index in [0.717, 1.165) is 16.8 Å². The second kappa shape index (κ2) is 8.28. The van der Waals surface area contributed by atoms with Crippen LogP contribution in [-0.2, 0) is 15.0 Å². The summed E-state index contributed by atoms with van der Waals surface area (Å²) in [5.74, 6) is -0.326. The second-order valence-electron chi connectivity index (χ2n) is 9.77. The smallest absolute Gasteiger partial charge is 0.256 e. The van der Waals surface area contributed by atoms with Crippen molar-refractivity contribution in [1.29, 1.82) is 0 Å². The molecule has 2 aromatic rings. The van der Waals surface area contributed by atoms with Gasteiger partial charge in [0, 0.05) is 31.2 Å². The first kappa shape index (κ1) is 22.4. The Morgan fingerprint density at radius 3 is 2.53 bits per heavy atom. The molecule has 1 fully saturated rings.